The molecule has 0 saturated heterocycles. The number of aliphatic hydroxyl groups excluding tert-OH is 1. The van der Waals surface area contributed by atoms with Gasteiger partial charge in [-0.25, -0.2) is 0 Å². The number of carbonyl (C=O) groups is 1. The monoisotopic (exact) mass is 215 g/mol. The Morgan fingerprint density at radius 2 is 2.00 bits per heavy atom. The molecule has 1 amide bonds. The number of amides is 1. The molecule has 1 unspecified atom stereocenters. The van der Waals surface area contributed by atoms with Crippen LogP contribution in [0.5, 0.6) is 0 Å². The van der Waals surface area contributed by atoms with Crippen LogP contribution < -0.4 is 5.32 Å². The Bertz CT molecular complexity index is 160. The van der Waals surface area contributed by atoms with E-state index < -0.39 is 0 Å². The highest BCUT2D eigenvalue weighted by atomic mass is 16.2. The van der Waals surface area contributed by atoms with E-state index in [0.717, 1.165) is 38.5 Å². The zero-order valence-corrected chi connectivity index (χ0v) is 10.1. The second-order valence-corrected chi connectivity index (χ2v) is 3.97. The lowest BCUT2D eigenvalue weighted by atomic mass is 9.98. The molecule has 3 nitrogen and oxygen atoms in total. The van der Waals surface area contributed by atoms with Crippen LogP contribution >= 0.6 is 0 Å². The molecule has 0 bridgehead atoms. The van der Waals surface area contributed by atoms with E-state index in [-0.39, 0.29) is 18.4 Å². The summed E-state index contributed by atoms with van der Waals surface area (Å²) in [6.45, 7) is 5.12. The van der Waals surface area contributed by atoms with Gasteiger partial charge in [0, 0.05) is 19.1 Å². The van der Waals surface area contributed by atoms with Gasteiger partial charge in [0.1, 0.15) is 0 Å². The summed E-state index contributed by atoms with van der Waals surface area (Å²) < 4.78 is 0. The van der Waals surface area contributed by atoms with Gasteiger partial charge in [-0.15, -0.1) is 0 Å². The highest BCUT2D eigenvalue weighted by molar-refractivity contribution is 5.78. The van der Waals surface area contributed by atoms with Gasteiger partial charge in [0.05, 0.1) is 0 Å². The normalized spacial score (nSPS) is 12.5. The van der Waals surface area contributed by atoms with Crippen molar-refractivity contribution < 1.29 is 9.90 Å². The largest absolute Gasteiger partial charge is 0.396 e. The molecule has 0 aromatic rings. The molecule has 0 heterocycles. The first kappa shape index (κ1) is 14.4. The summed E-state index contributed by atoms with van der Waals surface area (Å²) in [5.74, 6) is 0.364. The smallest absolute Gasteiger partial charge is 0.223 e. The van der Waals surface area contributed by atoms with Crippen molar-refractivity contribution in [1.29, 1.82) is 0 Å². The fraction of sp³-hybridized carbons (Fsp3) is 0.917. The van der Waals surface area contributed by atoms with Gasteiger partial charge in [-0.2, -0.15) is 0 Å². The topological polar surface area (TPSA) is 49.3 Å². The summed E-state index contributed by atoms with van der Waals surface area (Å²) in [7, 11) is 0. The van der Waals surface area contributed by atoms with Gasteiger partial charge in [-0.1, -0.05) is 26.7 Å². The van der Waals surface area contributed by atoms with E-state index in [0.29, 0.717) is 6.54 Å². The molecule has 15 heavy (non-hydrogen) atoms. The molecule has 0 saturated carbocycles. The number of hydrogen-bond acceptors (Lipinski definition) is 2. The Morgan fingerprint density at radius 1 is 1.27 bits per heavy atom. The first-order valence-corrected chi connectivity index (χ1v) is 6.14. The highest BCUT2D eigenvalue weighted by Gasteiger charge is 2.14. The summed E-state index contributed by atoms with van der Waals surface area (Å²) in [6.07, 6.45) is 5.83. The number of nitrogens with one attached hydrogen (secondary N) is 1. The van der Waals surface area contributed by atoms with E-state index in [2.05, 4.69) is 19.2 Å². The molecule has 0 rings (SSSR count). The summed E-state index contributed by atoms with van der Waals surface area (Å²) >= 11 is 0. The van der Waals surface area contributed by atoms with Crippen molar-refractivity contribution in [2.75, 3.05) is 13.2 Å². The molecular weight excluding hydrogens is 190 g/mol. The molecule has 0 aliphatic rings. The van der Waals surface area contributed by atoms with Crippen molar-refractivity contribution in [1.82, 2.24) is 5.32 Å². The summed E-state index contributed by atoms with van der Waals surface area (Å²) in [6, 6.07) is 0. The molecule has 0 aliphatic heterocycles. The van der Waals surface area contributed by atoms with E-state index in [9.17, 15) is 4.79 Å². The third-order valence-corrected chi connectivity index (χ3v) is 2.65. The summed E-state index contributed by atoms with van der Waals surface area (Å²) in [5, 5.41) is 11.5. The minimum absolute atomic E-state index is 0.180. The number of hydrogen-bond donors (Lipinski definition) is 2. The Hall–Kier alpha value is -0.570. The van der Waals surface area contributed by atoms with Gasteiger partial charge in [0.25, 0.3) is 0 Å². The molecule has 0 fully saturated rings. The van der Waals surface area contributed by atoms with E-state index in [4.69, 9.17) is 5.11 Å². The van der Waals surface area contributed by atoms with Gasteiger partial charge in [0.15, 0.2) is 0 Å². The lowest BCUT2D eigenvalue weighted by Gasteiger charge is -2.14. The van der Waals surface area contributed by atoms with Crippen molar-refractivity contribution in [2.45, 2.75) is 52.4 Å². The minimum atomic E-state index is 0.180. The Kier molecular flexibility index (Phi) is 9.59. The Labute approximate surface area is 93.3 Å². The van der Waals surface area contributed by atoms with E-state index in [1.54, 1.807) is 0 Å². The number of unbranched alkanes of at least 4 members (excludes halogenated alkanes) is 2. The molecule has 1 atom stereocenters. The molecule has 3 heteroatoms. The quantitative estimate of drug-likeness (QED) is 0.579. The lowest BCUT2D eigenvalue weighted by Crippen LogP contribution is -2.31. The third-order valence-electron chi connectivity index (χ3n) is 2.65. The van der Waals surface area contributed by atoms with E-state index >= 15 is 0 Å². The van der Waals surface area contributed by atoms with Crippen LogP contribution in [0.1, 0.15) is 52.4 Å². The highest BCUT2D eigenvalue weighted by Crippen LogP contribution is 2.12. The van der Waals surface area contributed by atoms with Crippen LogP contribution in [0.25, 0.3) is 0 Å². The zero-order valence-electron chi connectivity index (χ0n) is 10.1. The first-order chi connectivity index (χ1) is 7.26. The predicted molar refractivity (Wildman–Crippen MR) is 62.6 cm³/mol. The van der Waals surface area contributed by atoms with Crippen LogP contribution in [0.4, 0.5) is 0 Å². The van der Waals surface area contributed by atoms with Crippen molar-refractivity contribution in [3.63, 3.8) is 0 Å². The van der Waals surface area contributed by atoms with Gasteiger partial charge in [-0.05, 0) is 25.7 Å². The van der Waals surface area contributed by atoms with Crippen LogP contribution in [0.2, 0.25) is 0 Å². The second-order valence-electron chi connectivity index (χ2n) is 3.97. The summed E-state index contributed by atoms with van der Waals surface area (Å²) in [5.41, 5.74) is 0. The minimum Gasteiger partial charge on any atom is -0.396 e. The molecule has 2 N–H and O–H groups in total. The standard InChI is InChI=1S/C12H25NO2/c1-3-5-8-11(4-2)12(15)13-9-6-7-10-14/h11,14H,3-10H2,1-2H3,(H,13,15). The summed E-state index contributed by atoms with van der Waals surface area (Å²) in [4.78, 5) is 11.7. The van der Waals surface area contributed by atoms with Gasteiger partial charge < -0.3 is 10.4 Å². The van der Waals surface area contributed by atoms with Crippen LogP contribution in [-0.4, -0.2) is 24.2 Å². The zero-order chi connectivity index (χ0) is 11.5. The molecule has 0 aromatic carbocycles. The van der Waals surface area contributed by atoms with E-state index in [1.165, 1.54) is 0 Å². The molecule has 0 radical (unpaired) electrons. The maximum absolute atomic E-state index is 11.7. The number of carbonyl (C=O) groups excluding carboxylic acids is 1. The fourth-order valence-corrected chi connectivity index (χ4v) is 1.56. The maximum atomic E-state index is 11.7. The average Bonchev–Trinajstić information content (AvgIpc) is 2.25. The SMILES string of the molecule is CCCCC(CC)C(=O)NCCCCO. The van der Waals surface area contributed by atoms with E-state index in [1.807, 2.05) is 0 Å². The van der Waals surface area contributed by atoms with Gasteiger partial charge in [0.2, 0.25) is 5.91 Å². The predicted octanol–water partition coefficient (Wildman–Crippen LogP) is 2.09. The fourth-order valence-electron chi connectivity index (χ4n) is 1.56. The number of rotatable bonds is 9. The van der Waals surface area contributed by atoms with Gasteiger partial charge in [-0.3, -0.25) is 4.79 Å². The Balaban J connectivity index is 3.63. The van der Waals surface area contributed by atoms with Crippen LogP contribution in [0, 0.1) is 5.92 Å². The van der Waals surface area contributed by atoms with Crippen LogP contribution in [0.15, 0.2) is 0 Å². The van der Waals surface area contributed by atoms with Crippen molar-refractivity contribution >= 4 is 5.91 Å². The number of aliphatic hydroxyl groups is 1. The van der Waals surface area contributed by atoms with Crippen molar-refractivity contribution in [3.05, 3.63) is 0 Å². The molecular formula is C12H25NO2. The second kappa shape index (κ2) is 9.97. The molecule has 0 aromatic heterocycles. The lowest BCUT2D eigenvalue weighted by molar-refractivity contribution is -0.125. The van der Waals surface area contributed by atoms with Crippen molar-refractivity contribution in [2.24, 2.45) is 5.92 Å². The van der Waals surface area contributed by atoms with Crippen LogP contribution in [0.3, 0.4) is 0 Å². The Morgan fingerprint density at radius 3 is 2.53 bits per heavy atom. The molecule has 0 spiro atoms. The van der Waals surface area contributed by atoms with Crippen molar-refractivity contribution in [3.8, 4) is 0 Å². The van der Waals surface area contributed by atoms with Gasteiger partial charge >= 0.3 is 0 Å². The molecule has 0 aliphatic carbocycles. The maximum Gasteiger partial charge on any atom is 0.223 e. The molecule has 90 valence electrons. The third kappa shape index (κ3) is 7.37. The van der Waals surface area contributed by atoms with Crippen LogP contribution in [-0.2, 0) is 4.79 Å². The average molecular weight is 215 g/mol. The first-order valence-electron chi connectivity index (χ1n) is 6.14.